The molecule has 0 radical (unpaired) electrons. The number of amides is 1. The van der Waals surface area contributed by atoms with E-state index >= 15 is 0 Å². The molecule has 1 saturated heterocycles. The molecular formula is C23H26N2O4. The lowest BCUT2D eigenvalue weighted by molar-refractivity contribution is -0.136. The van der Waals surface area contributed by atoms with Crippen molar-refractivity contribution in [3.05, 3.63) is 59.7 Å². The van der Waals surface area contributed by atoms with Gasteiger partial charge in [-0.05, 0) is 37.0 Å². The van der Waals surface area contributed by atoms with Crippen molar-refractivity contribution in [2.24, 2.45) is 5.92 Å². The van der Waals surface area contributed by atoms with E-state index in [1.807, 2.05) is 12.1 Å². The Bertz CT molecular complexity index is 936. The highest BCUT2D eigenvalue weighted by Gasteiger charge is 2.51. The van der Waals surface area contributed by atoms with Gasteiger partial charge in [0.15, 0.2) is 11.4 Å². The van der Waals surface area contributed by atoms with E-state index in [0.29, 0.717) is 23.8 Å². The predicted octanol–water partition coefficient (Wildman–Crippen LogP) is 2.89. The standard InChI is InChI=1S/C23H26N2O4/c1-16-10-12-24(13-11-16)15-25-19-8-4-3-7-18(19)23(29,22(25)28)14-21(27)17-6-2-5-9-20(17)26/h2-9,16,26,29H,10-15H2,1H3. The van der Waals surface area contributed by atoms with Crippen molar-refractivity contribution >= 4 is 17.4 Å². The number of hydrogen-bond acceptors (Lipinski definition) is 5. The van der Waals surface area contributed by atoms with Crippen LogP contribution in [0.25, 0.3) is 0 Å². The second-order valence-electron chi connectivity index (χ2n) is 8.17. The van der Waals surface area contributed by atoms with Crippen LogP contribution >= 0.6 is 0 Å². The number of anilines is 1. The first-order valence-corrected chi connectivity index (χ1v) is 10.1. The second kappa shape index (κ2) is 7.61. The Labute approximate surface area is 170 Å². The summed E-state index contributed by atoms with van der Waals surface area (Å²) in [5.74, 6) is -0.427. The van der Waals surface area contributed by atoms with Crippen LogP contribution in [0.5, 0.6) is 5.75 Å². The fourth-order valence-corrected chi connectivity index (χ4v) is 4.26. The average molecular weight is 394 g/mol. The van der Waals surface area contributed by atoms with E-state index in [-0.39, 0.29) is 11.3 Å². The summed E-state index contributed by atoms with van der Waals surface area (Å²) in [5, 5.41) is 21.3. The van der Waals surface area contributed by atoms with Crippen molar-refractivity contribution in [3.63, 3.8) is 0 Å². The van der Waals surface area contributed by atoms with E-state index in [1.165, 1.54) is 12.1 Å². The van der Waals surface area contributed by atoms with Crippen molar-refractivity contribution in [1.82, 2.24) is 4.90 Å². The minimum Gasteiger partial charge on any atom is -0.507 e. The number of likely N-dealkylation sites (tertiary alicyclic amines) is 1. The summed E-state index contributed by atoms with van der Waals surface area (Å²) in [6.45, 7) is 4.44. The normalized spacial score (nSPS) is 22.7. The van der Waals surface area contributed by atoms with Crippen molar-refractivity contribution in [1.29, 1.82) is 0 Å². The molecule has 0 aliphatic carbocycles. The highest BCUT2D eigenvalue weighted by atomic mass is 16.3. The number of piperidine rings is 1. The van der Waals surface area contributed by atoms with E-state index in [9.17, 15) is 19.8 Å². The van der Waals surface area contributed by atoms with Gasteiger partial charge in [0, 0.05) is 18.7 Å². The van der Waals surface area contributed by atoms with Gasteiger partial charge < -0.3 is 10.2 Å². The maximum absolute atomic E-state index is 13.3. The van der Waals surface area contributed by atoms with Gasteiger partial charge in [-0.25, -0.2) is 0 Å². The summed E-state index contributed by atoms with van der Waals surface area (Å²) in [7, 11) is 0. The molecule has 29 heavy (non-hydrogen) atoms. The zero-order valence-corrected chi connectivity index (χ0v) is 16.5. The number of rotatable bonds is 5. The van der Waals surface area contributed by atoms with Gasteiger partial charge >= 0.3 is 0 Å². The zero-order valence-electron chi connectivity index (χ0n) is 16.5. The monoisotopic (exact) mass is 394 g/mol. The number of aromatic hydroxyl groups is 1. The Balaban J connectivity index is 1.61. The highest BCUT2D eigenvalue weighted by molar-refractivity contribution is 6.11. The fourth-order valence-electron chi connectivity index (χ4n) is 4.26. The quantitative estimate of drug-likeness (QED) is 0.762. The number of fused-ring (bicyclic) bond motifs is 1. The molecule has 0 aromatic heterocycles. The third kappa shape index (κ3) is 3.54. The SMILES string of the molecule is CC1CCN(CN2C(=O)C(O)(CC(=O)c3ccccc3O)c3ccccc32)CC1. The van der Waals surface area contributed by atoms with Crippen LogP contribution in [0.15, 0.2) is 48.5 Å². The lowest BCUT2D eigenvalue weighted by Gasteiger charge is -2.34. The van der Waals surface area contributed by atoms with Crippen LogP contribution in [0, 0.1) is 5.92 Å². The molecule has 4 rings (SSSR count). The largest absolute Gasteiger partial charge is 0.507 e. The number of para-hydroxylation sites is 2. The Hall–Kier alpha value is -2.70. The minimum absolute atomic E-state index is 0.106. The number of benzene rings is 2. The molecule has 2 aromatic carbocycles. The zero-order chi connectivity index (χ0) is 20.6. The molecule has 2 aromatic rings. The molecule has 2 heterocycles. The molecule has 0 spiro atoms. The summed E-state index contributed by atoms with van der Waals surface area (Å²) in [6.07, 6.45) is 1.76. The topological polar surface area (TPSA) is 81.1 Å². The Morgan fingerprint density at radius 2 is 1.76 bits per heavy atom. The van der Waals surface area contributed by atoms with Gasteiger partial charge in [0.05, 0.1) is 24.3 Å². The highest BCUT2D eigenvalue weighted by Crippen LogP contribution is 2.43. The van der Waals surface area contributed by atoms with Gasteiger partial charge in [-0.1, -0.05) is 37.3 Å². The maximum Gasteiger partial charge on any atom is 0.265 e. The first-order chi connectivity index (χ1) is 13.9. The van der Waals surface area contributed by atoms with E-state index in [2.05, 4.69) is 11.8 Å². The van der Waals surface area contributed by atoms with Gasteiger partial charge in [0.2, 0.25) is 0 Å². The van der Waals surface area contributed by atoms with Crippen LogP contribution in [-0.2, 0) is 10.4 Å². The Morgan fingerprint density at radius 1 is 1.10 bits per heavy atom. The molecule has 0 saturated carbocycles. The smallest absolute Gasteiger partial charge is 0.265 e. The van der Waals surface area contributed by atoms with Gasteiger partial charge in [0.25, 0.3) is 5.91 Å². The van der Waals surface area contributed by atoms with E-state index in [0.717, 1.165) is 25.9 Å². The minimum atomic E-state index is -1.93. The van der Waals surface area contributed by atoms with Crippen molar-refractivity contribution in [3.8, 4) is 5.75 Å². The van der Waals surface area contributed by atoms with E-state index in [4.69, 9.17) is 0 Å². The number of hydrogen-bond donors (Lipinski definition) is 2. The van der Waals surface area contributed by atoms with E-state index in [1.54, 1.807) is 29.2 Å². The van der Waals surface area contributed by atoms with Gasteiger partial charge in [0.1, 0.15) is 5.75 Å². The summed E-state index contributed by atoms with van der Waals surface area (Å²) in [4.78, 5) is 29.9. The maximum atomic E-state index is 13.3. The Morgan fingerprint density at radius 3 is 2.48 bits per heavy atom. The van der Waals surface area contributed by atoms with Gasteiger partial charge in [-0.15, -0.1) is 0 Å². The Kier molecular flexibility index (Phi) is 5.15. The number of phenolic OH excluding ortho intramolecular Hbond substituents is 1. The van der Waals surface area contributed by atoms with Crippen LogP contribution < -0.4 is 4.90 Å². The molecule has 6 nitrogen and oxygen atoms in total. The molecule has 1 amide bonds. The third-order valence-electron chi connectivity index (χ3n) is 6.08. The molecule has 2 aliphatic heterocycles. The summed E-state index contributed by atoms with van der Waals surface area (Å²) in [5.41, 5.74) is -0.739. The molecule has 1 unspecified atom stereocenters. The molecule has 2 aliphatic rings. The van der Waals surface area contributed by atoms with Crippen LogP contribution in [0.1, 0.15) is 42.1 Å². The fraction of sp³-hybridized carbons (Fsp3) is 0.391. The van der Waals surface area contributed by atoms with Crippen LogP contribution in [-0.4, -0.2) is 46.6 Å². The summed E-state index contributed by atoms with van der Waals surface area (Å²) < 4.78 is 0. The van der Waals surface area contributed by atoms with Crippen molar-refractivity contribution in [2.75, 3.05) is 24.7 Å². The summed E-state index contributed by atoms with van der Waals surface area (Å²) in [6, 6.07) is 13.3. The number of phenols is 1. The molecule has 1 atom stereocenters. The molecule has 1 fully saturated rings. The second-order valence-corrected chi connectivity index (χ2v) is 8.17. The predicted molar refractivity (Wildman–Crippen MR) is 110 cm³/mol. The average Bonchev–Trinajstić information content (AvgIpc) is 2.92. The molecule has 2 N–H and O–H groups in total. The van der Waals surface area contributed by atoms with Crippen LogP contribution in [0.2, 0.25) is 0 Å². The number of nitrogens with zero attached hydrogens (tertiary/aromatic N) is 2. The van der Waals surface area contributed by atoms with Gasteiger partial charge in [-0.3, -0.25) is 19.4 Å². The lowest BCUT2D eigenvalue weighted by Crippen LogP contribution is -2.48. The van der Waals surface area contributed by atoms with Crippen LogP contribution in [0.4, 0.5) is 5.69 Å². The first-order valence-electron chi connectivity index (χ1n) is 10.1. The van der Waals surface area contributed by atoms with Crippen molar-refractivity contribution in [2.45, 2.75) is 31.8 Å². The van der Waals surface area contributed by atoms with E-state index < -0.39 is 23.7 Å². The molecule has 0 bridgehead atoms. The van der Waals surface area contributed by atoms with Gasteiger partial charge in [-0.2, -0.15) is 0 Å². The number of ketones is 1. The molecule has 6 heteroatoms. The van der Waals surface area contributed by atoms with Crippen LogP contribution in [0.3, 0.4) is 0 Å². The number of carbonyl (C=O) groups excluding carboxylic acids is 2. The lowest BCUT2D eigenvalue weighted by atomic mass is 9.88. The number of carbonyl (C=O) groups is 2. The third-order valence-corrected chi connectivity index (χ3v) is 6.08. The number of Topliss-reactive ketones (excluding diaryl/α,β-unsaturated/α-hetero) is 1. The molecular weight excluding hydrogens is 368 g/mol. The molecule has 152 valence electrons. The van der Waals surface area contributed by atoms with Crippen molar-refractivity contribution < 1.29 is 19.8 Å². The first kappa shape index (κ1) is 19.6. The number of aliphatic hydroxyl groups is 1. The summed E-state index contributed by atoms with van der Waals surface area (Å²) >= 11 is 0.